The van der Waals surface area contributed by atoms with Crippen LogP contribution in [0.1, 0.15) is 86.0 Å². The lowest BCUT2D eigenvalue weighted by Gasteiger charge is -2.10. The third-order valence-electron chi connectivity index (χ3n) is 23.1. The molecule has 20 aromatic carbocycles. The highest BCUT2D eigenvalue weighted by Crippen LogP contribution is 2.41. The van der Waals surface area contributed by atoms with Crippen LogP contribution in [0.4, 0.5) is 0 Å². The van der Waals surface area contributed by atoms with Crippen molar-refractivity contribution in [1.82, 2.24) is 0 Å². The summed E-state index contributed by atoms with van der Waals surface area (Å²) in [6, 6.07) is 196. The van der Waals surface area contributed by atoms with Crippen LogP contribution in [0.3, 0.4) is 0 Å². The number of benzene rings is 20. The molecule has 1 nitrogen and oxygen atoms in total. The molecule has 0 bridgehead atoms. The summed E-state index contributed by atoms with van der Waals surface area (Å²) in [5.74, 6) is 0.981. The van der Waals surface area contributed by atoms with Crippen molar-refractivity contribution in [3.8, 4) is 5.75 Å². The van der Waals surface area contributed by atoms with Crippen LogP contribution in [-0.2, 0) is 65.4 Å². The van der Waals surface area contributed by atoms with Crippen LogP contribution in [0.25, 0.3) is 21.5 Å². The lowest BCUT2D eigenvalue weighted by molar-refractivity contribution is 0.304. The van der Waals surface area contributed by atoms with Crippen LogP contribution >= 0.6 is 23.5 Å². The quantitative estimate of drug-likeness (QED) is 0.0230. The molecule has 0 aliphatic carbocycles. The Kier molecular flexibility index (Phi) is 49.1. The van der Waals surface area contributed by atoms with Gasteiger partial charge in [-0.15, -0.1) is 0 Å². The summed E-state index contributed by atoms with van der Waals surface area (Å²) in [7, 11) is -0.341. The molecule has 0 spiro atoms. The summed E-state index contributed by atoms with van der Waals surface area (Å²) in [5.41, 5.74) is 0. The van der Waals surface area contributed by atoms with Crippen molar-refractivity contribution in [2.45, 2.75) is 189 Å². The van der Waals surface area contributed by atoms with Crippen LogP contribution in [0.2, 0.25) is 0 Å². The van der Waals surface area contributed by atoms with Gasteiger partial charge in [-0.3, -0.25) is 0 Å². The van der Waals surface area contributed by atoms with E-state index in [9.17, 15) is 0 Å². The molecule has 9 heteroatoms. The number of rotatable bonds is 33. The molecule has 0 aliphatic heterocycles. The SMILES string of the molecule is C.C.CCCCCCCCCCCCOc1ccc([S+](c2ccccc2)c2ccccc2)cc1.C[S+](c1ccc2ccccc2c1)c1ccc2ccccc2c1.[CH3-].[CH3-].[CH3-].[CH3-].c1ccc(Sc2ccc([S+](c3ccccc3)c3ccccc3)cc2)cc1.c1ccc([S+](c2ccccc2)c2ccc(Sc3ccc([S+](c4ccccc4)c4ccccc4)cc3)cc2)cc1.c1ccc([S+](c2ccccc2)c2ccccc2)cc1. The number of ether oxygens (including phenoxy) is 1. The third-order valence-corrected chi connectivity index (χ3v) is 38.2. The second kappa shape index (κ2) is 62.3. The van der Waals surface area contributed by atoms with Crippen LogP contribution in [0.15, 0.2) is 649 Å². The minimum Gasteiger partial charge on any atom is -0.494 e. The topological polar surface area (TPSA) is 9.23 Å². The highest BCUT2D eigenvalue weighted by molar-refractivity contribution is 8.00. The number of hydrogen-bond donors (Lipinski definition) is 0. The first kappa shape index (κ1) is 113. The van der Waals surface area contributed by atoms with Gasteiger partial charge in [0.25, 0.3) is 0 Å². The monoisotopic (exact) mass is 2030 g/mol. The van der Waals surface area contributed by atoms with E-state index >= 15 is 0 Å². The van der Waals surface area contributed by atoms with Crippen LogP contribution < -0.4 is 4.74 Å². The number of fused-ring (bicyclic) bond motifs is 2. The van der Waals surface area contributed by atoms with Crippen molar-refractivity contribution >= 4 is 110 Å². The van der Waals surface area contributed by atoms with Crippen molar-refractivity contribution < 1.29 is 4.74 Å². The Labute approximate surface area is 890 Å². The zero-order valence-corrected chi connectivity index (χ0v) is 88.9. The molecule has 0 fully saturated rings. The highest BCUT2D eigenvalue weighted by atomic mass is 32.2. The Morgan fingerprint density at radius 3 is 0.576 bits per heavy atom. The molecule has 0 radical (unpaired) electrons. The van der Waals surface area contributed by atoms with Crippen molar-refractivity contribution in [2.75, 3.05) is 12.9 Å². The standard InChI is InChI=1S/C36H28S3.C30H39OS.C24H19S2.C21H17S.C18H15S.2CH4.4CH3/c1-5-13-31(14-6-1)38(32-15-7-2-8-16-32)35-25-21-29(22-26-35)37-30-23-27-36(28-24-30)39(33-17-9-3-10-18-33)34-19-11-4-12-20-34;1-2-3-4-5-6-7-8-9-10-17-26-31-27-22-24-30(25-23-27)32(28-18-13-11-14-19-28)29-20-15-12-16-21-29;1-4-10-20(11-5-1)25-21-16-18-24(19-17-21)26(22-12-6-2-7-13-22)23-14-8-3-9-15-23;1-22(20-12-10-16-6-2-4-8-18(16)14-20)21-13-11-17-7-3-5-9-19(17)15-21;1-4-10-16(11-5-1)19(17-12-6-2-7-13-17)18-14-8-3-9-15-18;;;;;;/h1-28H;11-16,18-25H,2-10,17,26H2,1H3;1-19H;2-15H,1H3;1-15H;2*1H4;4*1H3/q+2;4*+1;;;4*-1. The average Bonchev–Trinajstić information content (AvgIpc) is 0.829. The normalized spacial score (nSPS) is 10.6. The van der Waals surface area contributed by atoms with Crippen LogP contribution in [-0.4, -0.2) is 12.9 Å². The van der Waals surface area contributed by atoms with Gasteiger partial charge in [-0.1, -0.05) is 370 Å². The molecule has 20 rings (SSSR count). The van der Waals surface area contributed by atoms with E-state index in [0.717, 1.165) is 18.8 Å². The van der Waals surface area contributed by atoms with Gasteiger partial charge in [0.2, 0.25) is 0 Å². The van der Waals surface area contributed by atoms with Gasteiger partial charge in [0.05, 0.1) is 72.0 Å². The van der Waals surface area contributed by atoms with Crippen molar-refractivity contribution in [3.63, 3.8) is 0 Å². The summed E-state index contributed by atoms with van der Waals surface area (Å²) in [4.78, 5) is 28.0. The summed E-state index contributed by atoms with van der Waals surface area (Å²) in [6.45, 7) is 3.10. The molecule has 0 aromatic heterocycles. The maximum absolute atomic E-state index is 6.03. The van der Waals surface area contributed by atoms with Gasteiger partial charge in [0.15, 0.2) is 83.2 Å². The summed E-state index contributed by atoms with van der Waals surface area (Å²) in [6.07, 6.45) is 15.8. The van der Waals surface area contributed by atoms with E-state index in [1.165, 1.54) is 182 Å². The zero-order valence-electron chi connectivity index (χ0n) is 82.4. The first-order valence-corrected chi connectivity index (χ1v) is 57.1. The molecule has 0 N–H and O–H groups in total. The van der Waals surface area contributed by atoms with E-state index in [-0.39, 0.29) is 110 Å². The van der Waals surface area contributed by atoms with Gasteiger partial charge >= 0.3 is 0 Å². The molecule has 0 aliphatic rings. The van der Waals surface area contributed by atoms with E-state index < -0.39 is 0 Å². The Bertz CT molecular complexity index is 6400. The zero-order chi connectivity index (χ0) is 94.0. The third kappa shape index (κ3) is 33.5. The van der Waals surface area contributed by atoms with Crippen LogP contribution in [0.5, 0.6) is 5.75 Å². The smallest absolute Gasteiger partial charge is 0.166 e. The molecule has 0 heterocycles. The fraction of sp³-hybridized carbons (Fsp3) is 0.111. The van der Waals surface area contributed by atoms with Gasteiger partial charge in [0.1, 0.15) is 12.0 Å². The lowest BCUT2D eigenvalue weighted by Crippen LogP contribution is -2.04. The van der Waals surface area contributed by atoms with Crippen molar-refractivity contribution in [2.24, 2.45) is 0 Å². The summed E-state index contributed by atoms with van der Waals surface area (Å²) < 4.78 is 6.03. The second-order valence-corrected chi connectivity index (χ2v) is 47.3. The number of unbranched alkanes of at least 4 members (excludes halogenated alkanes) is 9. The molecule has 0 unspecified atom stereocenters. The number of hydrogen-bond acceptors (Lipinski definition) is 3. The van der Waals surface area contributed by atoms with E-state index in [1.807, 2.05) is 11.8 Å². The molecule has 144 heavy (non-hydrogen) atoms. The Hall–Kier alpha value is -12.5. The predicted molar refractivity (Wildman–Crippen MR) is 636 cm³/mol. The van der Waals surface area contributed by atoms with Gasteiger partial charge in [-0.2, -0.15) is 0 Å². The predicted octanol–water partition coefficient (Wildman–Crippen LogP) is 39.6. The molecule has 0 amide bonds. The second-order valence-electron chi connectivity index (χ2n) is 32.9. The molecular weight excluding hydrogens is 1890 g/mol. The first-order valence-electron chi connectivity index (χ1n) is 47.7. The van der Waals surface area contributed by atoms with Gasteiger partial charge in [0, 0.05) is 31.7 Å². The first-order chi connectivity index (χ1) is 68.4. The molecule has 0 saturated heterocycles. The minimum absolute atomic E-state index is 0. The Morgan fingerprint density at radius 1 is 0.174 bits per heavy atom. The maximum atomic E-state index is 6.03. The molecule has 20 aromatic rings. The van der Waals surface area contributed by atoms with Gasteiger partial charge in [-0.25, -0.2) is 0 Å². The summed E-state index contributed by atoms with van der Waals surface area (Å²) >= 11 is 3.62. The Morgan fingerprint density at radius 2 is 0.347 bits per heavy atom. The van der Waals surface area contributed by atoms with E-state index in [2.05, 4.69) is 559 Å². The van der Waals surface area contributed by atoms with Crippen molar-refractivity contribution in [3.05, 3.63) is 576 Å². The molecule has 730 valence electrons. The largest absolute Gasteiger partial charge is 0.494 e. The lowest BCUT2D eigenvalue weighted by atomic mass is 10.1. The van der Waals surface area contributed by atoms with E-state index in [1.54, 1.807) is 11.8 Å². The van der Waals surface area contributed by atoms with Crippen LogP contribution in [0, 0.1) is 29.7 Å². The van der Waals surface area contributed by atoms with Gasteiger partial charge in [-0.05, 0) is 295 Å². The average molecular weight is 2030 g/mol. The molecular formula is C135H138OS8+2. The van der Waals surface area contributed by atoms with E-state index in [4.69, 9.17) is 4.74 Å². The highest BCUT2D eigenvalue weighted by Gasteiger charge is 2.34. The fourth-order valence-electron chi connectivity index (χ4n) is 16.2. The molecule has 0 atom stereocenters. The maximum Gasteiger partial charge on any atom is 0.166 e. The minimum atomic E-state index is -0.123. The Balaban J connectivity index is 0.000000187. The summed E-state index contributed by atoms with van der Waals surface area (Å²) in [5, 5.41) is 5.25. The van der Waals surface area contributed by atoms with E-state index in [0.29, 0.717) is 0 Å². The fourth-order valence-corrected chi connectivity index (χ4v) is 29.7. The molecule has 0 saturated carbocycles. The van der Waals surface area contributed by atoms with Gasteiger partial charge < -0.3 is 34.4 Å². The van der Waals surface area contributed by atoms with Crippen molar-refractivity contribution in [1.29, 1.82) is 0 Å².